The third-order valence-corrected chi connectivity index (χ3v) is 5.41. The molecule has 6 nitrogen and oxygen atoms in total. The van der Waals surface area contributed by atoms with Crippen LogP contribution in [0, 0.1) is 0 Å². The van der Waals surface area contributed by atoms with Crippen LogP contribution in [0.15, 0.2) is 55.2 Å². The number of fused-ring (bicyclic) bond motifs is 1. The van der Waals surface area contributed by atoms with E-state index in [1.807, 2.05) is 24.4 Å². The fraction of sp³-hybridized carbons (Fsp3) is 0.200. The lowest BCUT2D eigenvalue weighted by atomic mass is 10.1. The highest BCUT2D eigenvalue weighted by Gasteiger charge is 2.34. The van der Waals surface area contributed by atoms with Gasteiger partial charge in [-0.2, -0.15) is 13.2 Å². The fourth-order valence-electron chi connectivity index (χ4n) is 2.93. The van der Waals surface area contributed by atoms with Gasteiger partial charge in [0.15, 0.2) is 5.13 Å². The van der Waals surface area contributed by atoms with Crippen LogP contribution in [-0.4, -0.2) is 32.5 Å². The molecule has 3 aromatic heterocycles. The van der Waals surface area contributed by atoms with Crippen molar-refractivity contribution in [1.29, 1.82) is 0 Å². The Morgan fingerprint density at radius 3 is 2.57 bits per heavy atom. The third kappa shape index (κ3) is 4.71. The molecule has 0 unspecified atom stereocenters. The van der Waals surface area contributed by atoms with Crippen molar-refractivity contribution in [2.75, 3.05) is 11.9 Å². The summed E-state index contributed by atoms with van der Waals surface area (Å²) in [6.45, 7) is 0.414. The number of halogens is 3. The molecule has 0 aliphatic heterocycles. The van der Waals surface area contributed by atoms with Crippen LogP contribution in [0.1, 0.15) is 11.4 Å². The first-order valence-corrected chi connectivity index (χ1v) is 9.88. The van der Waals surface area contributed by atoms with Gasteiger partial charge in [0, 0.05) is 49.0 Å². The predicted octanol–water partition coefficient (Wildman–Crippen LogP) is 4.15. The van der Waals surface area contributed by atoms with Crippen LogP contribution in [0.25, 0.3) is 21.2 Å². The number of aromatic nitrogens is 4. The molecule has 3 heterocycles. The molecule has 1 aromatic carbocycles. The van der Waals surface area contributed by atoms with E-state index in [0.717, 1.165) is 38.7 Å². The highest BCUT2D eigenvalue weighted by molar-refractivity contribution is 7.18. The normalized spacial score (nSPS) is 12.8. The molecule has 1 atom stereocenters. The SMILES string of the molecule is N[C@H](CNc1ncc(-c2ccc3cnccc3c2)s1)Cc1cnc(C(F)(F)F)nc1. The molecular formula is C20H17F3N6S. The molecule has 10 heteroatoms. The summed E-state index contributed by atoms with van der Waals surface area (Å²) in [5, 5.41) is 6.08. The maximum Gasteiger partial charge on any atom is 0.451 e. The molecule has 4 aromatic rings. The molecule has 4 rings (SSSR count). The van der Waals surface area contributed by atoms with Gasteiger partial charge in [0.1, 0.15) is 0 Å². The molecule has 0 fully saturated rings. The van der Waals surface area contributed by atoms with Crippen LogP contribution in [0.4, 0.5) is 18.3 Å². The van der Waals surface area contributed by atoms with E-state index in [1.54, 1.807) is 12.4 Å². The number of thiazole rings is 1. The Morgan fingerprint density at radius 1 is 1.00 bits per heavy atom. The number of hydrogen-bond donors (Lipinski definition) is 2. The minimum Gasteiger partial charge on any atom is -0.360 e. The minimum atomic E-state index is -4.55. The summed E-state index contributed by atoms with van der Waals surface area (Å²) >= 11 is 1.50. The maximum atomic E-state index is 12.5. The zero-order valence-electron chi connectivity index (χ0n) is 15.6. The number of alkyl halides is 3. The van der Waals surface area contributed by atoms with Gasteiger partial charge < -0.3 is 11.1 Å². The highest BCUT2D eigenvalue weighted by atomic mass is 32.1. The van der Waals surface area contributed by atoms with E-state index >= 15 is 0 Å². The van der Waals surface area contributed by atoms with E-state index in [1.165, 1.54) is 11.3 Å². The van der Waals surface area contributed by atoms with Gasteiger partial charge in [-0.1, -0.05) is 23.5 Å². The van der Waals surface area contributed by atoms with Crippen LogP contribution in [-0.2, 0) is 12.6 Å². The summed E-state index contributed by atoms with van der Waals surface area (Å²) in [7, 11) is 0. The lowest BCUT2D eigenvalue weighted by Gasteiger charge is -2.12. The second kappa shape index (κ2) is 8.33. The van der Waals surface area contributed by atoms with Crippen molar-refractivity contribution in [2.45, 2.75) is 18.6 Å². The van der Waals surface area contributed by atoms with Crippen molar-refractivity contribution < 1.29 is 13.2 Å². The molecule has 0 radical (unpaired) electrons. The molecule has 0 aliphatic rings. The van der Waals surface area contributed by atoms with Crippen molar-refractivity contribution in [1.82, 2.24) is 19.9 Å². The van der Waals surface area contributed by atoms with E-state index in [9.17, 15) is 13.2 Å². The lowest BCUT2D eigenvalue weighted by molar-refractivity contribution is -0.145. The second-order valence-corrected chi connectivity index (χ2v) is 7.76. The lowest BCUT2D eigenvalue weighted by Crippen LogP contribution is -2.31. The molecule has 154 valence electrons. The first kappa shape index (κ1) is 20.2. The molecule has 3 N–H and O–H groups in total. The average molecular weight is 430 g/mol. The Balaban J connectivity index is 1.35. The Hall–Kier alpha value is -3.11. The number of anilines is 1. The van der Waals surface area contributed by atoms with Gasteiger partial charge in [-0.05, 0) is 35.1 Å². The highest BCUT2D eigenvalue weighted by Crippen LogP contribution is 2.31. The Kier molecular flexibility index (Phi) is 5.60. The van der Waals surface area contributed by atoms with Gasteiger partial charge in [0.25, 0.3) is 0 Å². The largest absolute Gasteiger partial charge is 0.451 e. The number of nitrogens with two attached hydrogens (primary N) is 1. The summed E-state index contributed by atoms with van der Waals surface area (Å²) in [6.07, 6.45) is 3.49. The number of nitrogens with one attached hydrogen (secondary N) is 1. The van der Waals surface area contributed by atoms with Gasteiger partial charge in [-0.25, -0.2) is 15.0 Å². The topological polar surface area (TPSA) is 89.6 Å². The number of rotatable bonds is 6. The van der Waals surface area contributed by atoms with Gasteiger partial charge in [-0.15, -0.1) is 0 Å². The molecule has 0 spiro atoms. The smallest absolute Gasteiger partial charge is 0.360 e. The first-order valence-electron chi connectivity index (χ1n) is 9.06. The number of benzene rings is 1. The molecule has 0 amide bonds. The molecule has 0 saturated heterocycles. The van der Waals surface area contributed by atoms with E-state index in [4.69, 9.17) is 5.73 Å². The standard InChI is InChI=1S/C20H17F3N6S/c21-20(22,23)18-26-7-12(8-27-18)5-16(24)10-28-19-29-11-17(30-19)14-1-2-15-9-25-4-3-13(15)6-14/h1-4,6-9,11,16H,5,10,24H2,(H,28,29)/t16-/m0/s1. The van der Waals surface area contributed by atoms with Gasteiger partial charge >= 0.3 is 6.18 Å². The zero-order valence-corrected chi connectivity index (χ0v) is 16.4. The van der Waals surface area contributed by atoms with Crippen LogP contribution >= 0.6 is 11.3 Å². The Bertz CT molecular complexity index is 1140. The molecule has 0 bridgehead atoms. The van der Waals surface area contributed by atoms with Crippen molar-refractivity contribution in [3.05, 3.63) is 66.6 Å². The van der Waals surface area contributed by atoms with Gasteiger partial charge in [-0.3, -0.25) is 4.98 Å². The summed E-state index contributed by atoms with van der Waals surface area (Å²) in [6, 6.07) is 7.77. The average Bonchev–Trinajstić information content (AvgIpc) is 3.21. The summed E-state index contributed by atoms with van der Waals surface area (Å²) in [5.41, 5.74) is 7.69. The fourth-order valence-corrected chi connectivity index (χ4v) is 3.75. The van der Waals surface area contributed by atoms with E-state index in [-0.39, 0.29) is 6.04 Å². The van der Waals surface area contributed by atoms with Crippen molar-refractivity contribution >= 4 is 27.2 Å². The van der Waals surface area contributed by atoms with Crippen molar-refractivity contribution in [3.8, 4) is 10.4 Å². The van der Waals surface area contributed by atoms with Crippen molar-refractivity contribution in [2.24, 2.45) is 5.73 Å². The van der Waals surface area contributed by atoms with Crippen LogP contribution in [0.2, 0.25) is 0 Å². The quantitative estimate of drug-likeness (QED) is 0.478. The van der Waals surface area contributed by atoms with Crippen LogP contribution in [0.3, 0.4) is 0 Å². The number of nitrogens with zero attached hydrogens (tertiary/aromatic N) is 4. The molecule has 0 saturated carbocycles. The monoisotopic (exact) mass is 430 g/mol. The van der Waals surface area contributed by atoms with Gasteiger partial charge in [0.05, 0.1) is 4.88 Å². The van der Waals surface area contributed by atoms with Gasteiger partial charge in [0.2, 0.25) is 5.82 Å². The maximum absolute atomic E-state index is 12.5. The number of hydrogen-bond acceptors (Lipinski definition) is 7. The third-order valence-electron chi connectivity index (χ3n) is 4.40. The molecule has 30 heavy (non-hydrogen) atoms. The zero-order chi connectivity index (χ0) is 21.1. The first-order chi connectivity index (χ1) is 14.4. The van der Waals surface area contributed by atoms with Crippen LogP contribution in [0.5, 0.6) is 0 Å². The summed E-state index contributed by atoms with van der Waals surface area (Å²) < 4.78 is 37.6. The van der Waals surface area contributed by atoms with E-state index in [2.05, 4.69) is 31.3 Å². The van der Waals surface area contributed by atoms with Crippen molar-refractivity contribution in [3.63, 3.8) is 0 Å². The summed E-state index contributed by atoms with van der Waals surface area (Å²) in [5.74, 6) is -1.15. The predicted molar refractivity (Wildman–Crippen MR) is 110 cm³/mol. The van der Waals surface area contributed by atoms with E-state index in [0.29, 0.717) is 18.5 Å². The molecule has 0 aliphatic carbocycles. The van der Waals surface area contributed by atoms with Crippen LogP contribution < -0.4 is 11.1 Å². The number of pyridine rings is 1. The Morgan fingerprint density at radius 2 is 1.80 bits per heavy atom. The minimum absolute atomic E-state index is 0.328. The molecular weight excluding hydrogens is 413 g/mol. The summed E-state index contributed by atoms with van der Waals surface area (Å²) in [4.78, 5) is 16.2. The Labute approximate surface area is 174 Å². The second-order valence-electron chi connectivity index (χ2n) is 6.73. The van der Waals surface area contributed by atoms with E-state index < -0.39 is 12.0 Å².